The Morgan fingerprint density at radius 2 is 1.69 bits per heavy atom. The number of likely N-dealkylation sites (tertiary alicyclic amines) is 1. The molecule has 140 valence electrons. The summed E-state index contributed by atoms with van der Waals surface area (Å²) < 4.78 is 65.2. The Morgan fingerprint density at radius 1 is 1.04 bits per heavy atom. The third-order valence-electron chi connectivity index (χ3n) is 4.34. The first-order valence-electron chi connectivity index (χ1n) is 8.20. The quantitative estimate of drug-likeness (QED) is 0.861. The second-order valence-electron chi connectivity index (χ2n) is 6.35. The number of hydrogen-bond donors (Lipinski definition) is 1. The van der Waals surface area contributed by atoms with Gasteiger partial charge < -0.3 is 0 Å². The molecule has 4 nitrogen and oxygen atoms in total. The smallest absolute Gasteiger partial charge is 0.297 e. The van der Waals surface area contributed by atoms with Crippen LogP contribution >= 0.6 is 0 Å². The van der Waals surface area contributed by atoms with Crippen molar-refractivity contribution in [3.05, 3.63) is 65.7 Å². The zero-order chi connectivity index (χ0) is 18.8. The number of halogens is 3. The number of sulfonamides is 1. The molecule has 1 atom stereocenters. The monoisotopic (exact) mass is 384 g/mol. The van der Waals surface area contributed by atoms with Crippen LogP contribution in [0.1, 0.15) is 17.5 Å². The Hall–Kier alpha value is -1.90. The maximum Gasteiger partial charge on any atom is 0.416 e. The van der Waals surface area contributed by atoms with Crippen LogP contribution in [-0.2, 0) is 22.7 Å². The second kappa shape index (κ2) is 7.38. The molecule has 1 unspecified atom stereocenters. The Balaban J connectivity index is 1.61. The number of rotatable bonds is 5. The van der Waals surface area contributed by atoms with Crippen molar-refractivity contribution in [1.82, 2.24) is 9.62 Å². The third kappa shape index (κ3) is 4.63. The van der Waals surface area contributed by atoms with Gasteiger partial charge in [-0.1, -0.05) is 30.3 Å². The fraction of sp³-hybridized carbons (Fsp3) is 0.333. The van der Waals surface area contributed by atoms with Gasteiger partial charge in [0.2, 0.25) is 10.0 Å². The van der Waals surface area contributed by atoms with Crippen LogP contribution in [0.4, 0.5) is 13.2 Å². The Labute approximate surface area is 150 Å². The molecule has 1 aliphatic rings. The molecule has 2 aromatic rings. The van der Waals surface area contributed by atoms with Crippen LogP contribution < -0.4 is 4.72 Å². The molecule has 3 rings (SSSR count). The maximum absolute atomic E-state index is 12.6. The van der Waals surface area contributed by atoms with E-state index in [9.17, 15) is 21.6 Å². The van der Waals surface area contributed by atoms with Gasteiger partial charge in [0, 0.05) is 25.7 Å². The molecular weight excluding hydrogens is 365 g/mol. The molecule has 0 saturated carbocycles. The second-order valence-corrected chi connectivity index (χ2v) is 8.06. The first-order valence-corrected chi connectivity index (χ1v) is 9.68. The molecular formula is C18H19F3N2O2S. The van der Waals surface area contributed by atoms with Crippen LogP contribution in [0.3, 0.4) is 0 Å². The lowest BCUT2D eigenvalue weighted by molar-refractivity contribution is -0.137. The average Bonchev–Trinajstić information content (AvgIpc) is 3.01. The first kappa shape index (κ1) is 18.9. The van der Waals surface area contributed by atoms with E-state index in [0.29, 0.717) is 13.0 Å². The van der Waals surface area contributed by atoms with E-state index in [2.05, 4.69) is 9.62 Å². The first-order chi connectivity index (χ1) is 12.2. The lowest BCUT2D eigenvalue weighted by Crippen LogP contribution is -2.37. The van der Waals surface area contributed by atoms with Gasteiger partial charge in [-0.3, -0.25) is 4.90 Å². The molecule has 0 amide bonds. The van der Waals surface area contributed by atoms with E-state index in [1.807, 2.05) is 30.3 Å². The van der Waals surface area contributed by atoms with Gasteiger partial charge in [-0.2, -0.15) is 13.2 Å². The Morgan fingerprint density at radius 3 is 2.31 bits per heavy atom. The van der Waals surface area contributed by atoms with E-state index in [1.54, 1.807) is 0 Å². The molecule has 1 saturated heterocycles. The largest absolute Gasteiger partial charge is 0.416 e. The Bertz CT molecular complexity index is 837. The van der Waals surface area contributed by atoms with Gasteiger partial charge in [-0.25, -0.2) is 13.1 Å². The highest BCUT2D eigenvalue weighted by molar-refractivity contribution is 7.89. The summed E-state index contributed by atoms with van der Waals surface area (Å²) in [6, 6.07) is 13.2. The summed E-state index contributed by atoms with van der Waals surface area (Å²) >= 11 is 0. The molecule has 1 N–H and O–H groups in total. The summed E-state index contributed by atoms with van der Waals surface area (Å²) in [4.78, 5) is 1.99. The molecule has 1 fully saturated rings. The van der Waals surface area contributed by atoms with Crippen LogP contribution in [-0.4, -0.2) is 32.4 Å². The van der Waals surface area contributed by atoms with Crippen molar-refractivity contribution >= 4 is 10.0 Å². The Kier molecular flexibility index (Phi) is 5.36. The zero-order valence-corrected chi connectivity index (χ0v) is 14.7. The molecule has 8 heteroatoms. The van der Waals surface area contributed by atoms with Crippen LogP contribution in [0.25, 0.3) is 0 Å². The van der Waals surface area contributed by atoms with Crippen molar-refractivity contribution in [2.45, 2.75) is 30.1 Å². The summed E-state index contributed by atoms with van der Waals surface area (Å²) in [7, 11) is -3.85. The number of benzene rings is 2. The van der Waals surface area contributed by atoms with Gasteiger partial charge >= 0.3 is 6.18 Å². The molecule has 0 spiro atoms. The van der Waals surface area contributed by atoms with E-state index in [-0.39, 0.29) is 10.9 Å². The normalized spacial score (nSPS) is 19.0. The van der Waals surface area contributed by atoms with Gasteiger partial charge in [0.1, 0.15) is 0 Å². The summed E-state index contributed by atoms with van der Waals surface area (Å²) in [5, 5.41) is 0. The van der Waals surface area contributed by atoms with Crippen LogP contribution in [0.2, 0.25) is 0 Å². The van der Waals surface area contributed by atoms with E-state index in [1.165, 1.54) is 0 Å². The van der Waals surface area contributed by atoms with Crippen molar-refractivity contribution in [3.63, 3.8) is 0 Å². The molecule has 1 heterocycles. The van der Waals surface area contributed by atoms with Crippen molar-refractivity contribution in [2.75, 3.05) is 13.1 Å². The lowest BCUT2D eigenvalue weighted by Gasteiger charge is -2.17. The third-order valence-corrected chi connectivity index (χ3v) is 5.87. The summed E-state index contributed by atoms with van der Waals surface area (Å²) in [5.74, 6) is 0. The van der Waals surface area contributed by atoms with Gasteiger partial charge in [-0.05, 0) is 36.2 Å². The minimum Gasteiger partial charge on any atom is -0.297 e. The predicted molar refractivity (Wildman–Crippen MR) is 91.9 cm³/mol. The highest BCUT2D eigenvalue weighted by Crippen LogP contribution is 2.29. The average molecular weight is 384 g/mol. The molecule has 0 bridgehead atoms. The predicted octanol–water partition coefficient (Wildman–Crippen LogP) is 3.26. The molecule has 2 aromatic carbocycles. The van der Waals surface area contributed by atoms with Crippen LogP contribution in [0, 0.1) is 0 Å². The minimum absolute atomic E-state index is 0.160. The summed E-state index contributed by atoms with van der Waals surface area (Å²) in [6.45, 7) is 2.06. The van der Waals surface area contributed by atoms with Crippen molar-refractivity contribution in [2.24, 2.45) is 0 Å². The van der Waals surface area contributed by atoms with Crippen molar-refractivity contribution < 1.29 is 21.6 Å². The van der Waals surface area contributed by atoms with Crippen molar-refractivity contribution in [3.8, 4) is 0 Å². The highest BCUT2D eigenvalue weighted by Gasteiger charge is 2.31. The number of hydrogen-bond acceptors (Lipinski definition) is 3. The van der Waals surface area contributed by atoms with Crippen LogP contribution in [0.15, 0.2) is 59.5 Å². The number of nitrogens with zero attached hydrogens (tertiary/aromatic N) is 1. The SMILES string of the molecule is O=S(=O)(NC1CCN(Cc2ccccc2)C1)c1ccc(C(F)(F)F)cc1. The summed E-state index contributed by atoms with van der Waals surface area (Å²) in [6.07, 6.45) is -3.83. The fourth-order valence-electron chi connectivity index (χ4n) is 3.02. The number of nitrogens with one attached hydrogen (secondary N) is 1. The van der Waals surface area contributed by atoms with E-state index >= 15 is 0 Å². The fourth-order valence-corrected chi connectivity index (χ4v) is 4.29. The van der Waals surface area contributed by atoms with E-state index in [0.717, 1.165) is 42.9 Å². The van der Waals surface area contributed by atoms with E-state index < -0.39 is 21.8 Å². The van der Waals surface area contributed by atoms with Gasteiger partial charge in [-0.15, -0.1) is 0 Å². The van der Waals surface area contributed by atoms with Crippen molar-refractivity contribution in [1.29, 1.82) is 0 Å². The lowest BCUT2D eigenvalue weighted by atomic mass is 10.2. The van der Waals surface area contributed by atoms with Crippen LogP contribution in [0.5, 0.6) is 0 Å². The number of alkyl halides is 3. The highest BCUT2D eigenvalue weighted by atomic mass is 32.2. The molecule has 0 radical (unpaired) electrons. The van der Waals surface area contributed by atoms with Gasteiger partial charge in [0.25, 0.3) is 0 Å². The van der Waals surface area contributed by atoms with Gasteiger partial charge in [0.15, 0.2) is 0 Å². The maximum atomic E-state index is 12.6. The molecule has 0 aromatic heterocycles. The molecule has 0 aliphatic carbocycles. The molecule has 26 heavy (non-hydrogen) atoms. The minimum atomic E-state index is -4.49. The standard InChI is InChI=1S/C18H19F3N2O2S/c19-18(20,21)15-6-8-17(9-7-15)26(24,25)22-16-10-11-23(13-16)12-14-4-2-1-3-5-14/h1-9,16,22H,10-13H2. The van der Waals surface area contributed by atoms with E-state index in [4.69, 9.17) is 0 Å². The molecule has 1 aliphatic heterocycles. The van der Waals surface area contributed by atoms with Gasteiger partial charge in [0.05, 0.1) is 10.5 Å². The topological polar surface area (TPSA) is 49.4 Å². The zero-order valence-electron chi connectivity index (χ0n) is 13.9. The summed E-state index contributed by atoms with van der Waals surface area (Å²) in [5.41, 5.74) is 0.282.